The van der Waals surface area contributed by atoms with E-state index in [4.69, 9.17) is 9.47 Å². The number of esters is 2. The minimum Gasteiger partial charge on any atom is -0.465 e. The zero-order chi connectivity index (χ0) is 19.4. The van der Waals surface area contributed by atoms with Crippen LogP contribution in [0.5, 0.6) is 0 Å². The minimum absolute atomic E-state index is 0.179. The van der Waals surface area contributed by atoms with Crippen molar-refractivity contribution in [2.45, 2.75) is 85.5 Å². The summed E-state index contributed by atoms with van der Waals surface area (Å²) >= 11 is 0. The largest absolute Gasteiger partial charge is 0.465 e. The molecule has 1 saturated carbocycles. The topological polar surface area (TPSA) is 52.6 Å². The van der Waals surface area contributed by atoms with E-state index in [0.717, 1.165) is 51.4 Å². The highest BCUT2D eigenvalue weighted by Gasteiger charge is 2.37. The molecule has 0 aromatic rings. The highest BCUT2D eigenvalue weighted by atomic mass is 16.5. The van der Waals surface area contributed by atoms with Gasteiger partial charge >= 0.3 is 11.9 Å². The van der Waals surface area contributed by atoms with Crippen LogP contribution < -0.4 is 0 Å². The SMILES string of the molecule is CCCCOC(=O)C(=CC(C)C)C(C(=O)OCCCC)C1CCCCC1. The second-order valence-electron chi connectivity index (χ2n) is 7.75. The Morgan fingerprint density at radius 3 is 2.08 bits per heavy atom. The Kier molecular flexibility index (Phi) is 11.3. The van der Waals surface area contributed by atoms with E-state index < -0.39 is 5.92 Å². The van der Waals surface area contributed by atoms with Gasteiger partial charge in [0.15, 0.2) is 0 Å². The maximum absolute atomic E-state index is 12.9. The highest BCUT2D eigenvalue weighted by molar-refractivity contribution is 5.95. The molecule has 1 atom stereocenters. The van der Waals surface area contributed by atoms with E-state index in [0.29, 0.717) is 18.8 Å². The number of hydrogen-bond donors (Lipinski definition) is 0. The third-order valence-electron chi connectivity index (χ3n) is 4.93. The van der Waals surface area contributed by atoms with Crippen LogP contribution in [0.15, 0.2) is 11.6 Å². The first kappa shape index (κ1) is 22.7. The lowest BCUT2D eigenvalue weighted by Gasteiger charge is -2.30. The molecule has 0 heterocycles. The van der Waals surface area contributed by atoms with Crippen LogP contribution >= 0.6 is 0 Å². The van der Waals surface area contributed by atoms with Gasteiger partial charge in [-0.05, 0) is 37.5 Å². The molecule has 150 valence electrons. The Hall–Kier alpha value is -1.32. The van der Waals surface area contributed by atoms with E-state index in [9.17, 15) is 9.59 Å². The van der Waals surface area contributed by atoms with Gasteiger partial charge < -0.3 is 9.47 Å². The van der Waals surface area contributed by atoms with Crippen LogP contribution in [0.1, 0.15) is 85.5 Å². The zero-order valence-electron chi connectivity index (χ0n) is 17.2. The van der Waals surface area contributed by atoms with Gasteiger partial charge in [-0.15, -0.1) is 0 Å². The van der Waals surface area contributed by atoms with E-state index in [1.807, 2.05) is 19.9 Å². The van der Waals surface area contributed by atoms with E-state index in [1.54, 1.807) is 0 Å². The summed E-state index contributed by atoms with van der Waals surface area (Å²) in [4.78, 5) is 25.7. The first-order chi connectivity index (χ1) is 12.5. The molecule has 1 unspecified atom stereocenters. The maximum Gasteiger partial charge on any atom is 0.334 e. The molecular weight excluding hydrogens is 328 g/mol. The van der Waals surface area contributed by atoms with Crippen molar-refractivity contribution < 1.29 is 19.1 Å². The second-order valence-corrected chi connectivity index (χ2v) is 7.75. The van der Waals surface area contributed by atoms with Crippen molar-refractivity contribution in [3.63, 3.8) is 0 Å². The fraction of sp³-hybridized carbons (Fsp3) is 0.818. The van der Waals surface area contributed by atoms with Crippen molar-refractivity contribution >= 4 is 11.9 Å². The summed E-state index contributed by atoms with van der Waals surface area (Å²) in [5.74, 6) is -0.705. The summed E-state index contributed by atoms with van der Waals surface area (Å²) in [6.45, 7) is 9.03. The molecule has 4 nitrogen and oxygen atoms in total. The fourth-order valence-corrected chi connectivity index (χ4v) is 3.50. The van der Waals surface area contributed by atoms with E-state index in [2.05, 4.69) is 13.8 Å². The molecule has 0 N–H and O–H groups in total. The van der Waals surface area contributed by atoms with Crippen molar-refractivity contribution in [3.05, 3.63) is 11.6 Å². The standard InChI is InChI=1S/C22H38O4/c1-5-7-14-25-21(23)19(16-17(3)4)20(18-12-10-9-11-13-18)22(24)26-15-8-6-2/h16-18,20H,5-15H2,1-4H3. The molecule has 0 aromatic heterocycles. The van der Waals surface area contributed by atoms with Gasteiger partial charge in [-0.2, -0.15) is 0 Å². The number of hydrogen-bond acceptors (Lipinski definition) is 4. The summed E-state index contributed by atoms with van der Waals surface area (Å²) < 4.78 is 11.0. The second kappa shape index (κ2) is 12.9. The fourth-order valence-electron chi connectivity index (χ4n) is 3.50. The Balaban J connectivity index is 3.01. The molecule has 0 aliphatic heterocycles. The predicted octanol–water partition coefficient (Wildman–Crippen LogP) is 5.45. The van der Waals surface area contributed by atoms with Crippen molar-refractivity contribution in [2.24, 2.45) is 17.8 Å². The lowest BCUT2D eigenvalue weighted by Crippen LogP contribution is -2.33. The molecule has 0 radical (unpaired) electrons. The van der Waals surface area contributed by atoms with Crippen molar-refractivity contribution in [1.29, 1.82) is 0 Å². The van der Waals surface area contributed by atoms with Crippen LogP contribution in [0.2, 0.25) is 0 Å². The number of carbonyl (C=O) groups is 2. The van der Waals surface area contributed by atoms with Crippen molar-refractivity contribution in [1.82, 2.24) is 0 Å². The summed E-state index contributed by atoms with van der Waals surface area (Å²) in [6, 6.07) is 0. The normalized spacial score (nSPS) is 17.2. The number of rotatable bonds is 11. The molecular formula is C22H38O4. The average molecular weight is 367 g/mol. The first-order valence-corrected chi connectivity index (χ1v) is 10.6. The Morgan fingerprint density at radius 2 is 1.54 bits per heavy atom. The highest BCUT2D eigenvalue weighted by Crippen LogP contribution is 2.36. The third-order valence-corrected chi connectivity index (χ3v) is 4.93. The molecule has 26 heavy (non-hydrogen) atoms. The van der Waals surface area contributed by atoms with Crippen LogP contribution in [0.3, 0.4) is 0 Å². The molecule has 0 bridgehead atoms. The van der Waals surface area contributed by atoms with Gasteiger partial charge in [0.05, 0.1) is 19.1 Å². The molecule has 1 fully saturated rings. The van der Waals surface area contributed by atoms with Gasteiger partial charge in [-0.3, -0.25) is 4.79 Å². The van der Waals surface area contributed by atoms with Crippen LogP contribution in [0.25, 0.3) is 0 Å². The van der Waals surface area contributed by atoms with Crippen LogP contribution in [-0.4, -0.2) is 25.2 Å². The molecule has 0 amide bonds. The average Bonchev–Trinajstić information content (AvgIpc) is 2.62. The minimum atomic E-state index is -0.483. The first-order valence-electron chi connectivity index (χ1n) is 10.6. The van der Waals surface area contributed by atoms with E-state index in [1.165, 1.54) is 6.42 Å². The third kappa shape index (κ3) is 7.92. The lowest BCUT2D eigenvalue weighted by atomic mass is 9.76. The van der Waals surface area contributed by atoms with Crippen molar-refractivity contribution in [3.8, 4) is 0 Å². The summed E-state index contributed by atoms with van der Waals surface area (Å²) in [5, 5.41) is 0. The van der Waals surface area contributed by atoms with Gasteiger partial charge in [0.25, 0.3) is 0 Å². The molecule has 0 saturated heterocycles. The van der Waals surface area contributed by atoms with Gasteiger partial charge in [-0.25, -0.2) is 4.79 Å². The van der Waals surface area contributed by atoms with Crippen LogP contribution in [0, 0.1) is 17.8 Å². The number of carbonyl (C=O) groups excluding carboxylic acids is 2. The van der Waals surface area contributed by atoms with Gasteiger partial charge in [0.1, 0.15) is 0 Å². The lowest BCUT2D eigenvalue weighted by molar-refractivity contribution is -0.153. The number of unbranched alkanes of at least 4 members (excludes halogenated alkanes) is 2. The summed E-state index contributed by atoms with van der Waals surface area (Å²) in [5.41, 5.74) is 0.518. The molecule has 4 heteroatoms. The van der Waals surface area contributed by atoms with Gasteiger partial charge in [0.2, 0.25) is 0 Å². The zero-order valence-corrected chi connectivity index (χ0v) is 17.2. The Bertz CT molecular complexity index is 447. The molecule has 0 spiro atoms. The molecule has 1 aliphatic rings. The molecule has 1 rings (SSSR count). The number of allylic oxidation sites excluding steroid dienone is 1. The van der Waals surface area contributed by atoms with Crippen LogP contribution in [-0.2, 0) is 19.1 Å². The molecule has 1 aliphatic carbocycles. The van der Waals surface area contributed by atoms with Gasteiger partial charge in [-0.1, -0.05) is 65.9 Å². The number of ether oxygens (including phenoxy) is 2. The smallest absolute Gasteiger partial charge is 0.334 e. The molecule has 0 aromatic carbocycles. The maximum atomic E-state index is 12.9. The predicted molar refractivity (Wildman–Crippen MR) is 105 cm³/mol. The van der Waals surface area contributed by atoms with Crippen molar-refractivity contribution in [2.75, 3.05) is 13.2 Å². The Labute approximate surface area is 159 Å². The monoisotopic (exact) mass is 366 g/mol. The summed E-state index contributed by atoms with van der Waals surface area (Å²) in [7, 11) is 0. The summed E-state index contributed by atoms with van der Waals surface area (Å²) in [6.07, 6.45) is 11.0. The van der Waals surface area contributed by atoms with Crippen LogP contribution in [0.4, 0.5) is 0 Å². The van der Waals surface area contributed by atoms with E-state index in [-0.39, 0.29) is 23.8 Å². The van der Waals surface area contributed by atoms with E-state index >= 15 is 0 Å². The quantitative estimate of drug-likeness (QED) is 0.277. The van der Waals surface area contributed by atoms with Gasteiger partial charge in [0, 0.05) is 5.57 Å². The Morgan fingerprint density at radius 1 is 0.962 bits per heavy atom.